The quantitative estimate of drug-likeness (QED) is 0.789. The zero-order valence-electron chi connectivity index (χ0n) is 10.3. The van der Waals surface area contributed by atoms with Crippen molar-refractivity contribution in [2.75, 3.05) is 33.5 Å². The summed E-state index contributed by atoms with van der Waals surface area (Å²) in [6.45, 7) is 0.472. The topological polar surface area (TPSA) is 72.6 Å². The number of nitrogen functional groups attached to an aromatic ring is 1. The lowest BCUT2D eigenvalue weighted by molar-refractivity contribution is 0.201. The molecule has 0 aliphatic heterocycles. The summed E-state index contributed by atoms with van der Waals surface area (Å²) in [5, 5.41) is 0. The van der Waals surface area contributed by atoms with E-state index in [1.165, 1.54) is 24.5 Å². The molecule has 0 unspecified atom stereocenters. The van der Waals surface area contributed by atoms with Gasteiger partial charge in [0.2, 0.25) is 10.0 Å². The second-order valence-corrected chi connectivity index (χ2v) is 6.02. The van der Waals surface area contributed by atoms with Crippen LogP contribution in [0, 0.1) is 0 Å². The molecule has 17 heavy (non-hydrogen) atoms. The van der Waals surface area contributed by atoms with E-state index in [9.17, 15) is 8.42 Å². The molecule has 0 saturated heterocycles. The summed E-state index contributed by atoms with van der Waals surface area (Å²) < 4.78 is 30.3. The van der Waals surface area contributed by atoms with Crippen molar-refractivity contribution < 1.29 is 13.2 Å². The van der Waals surface area contributed by atoms with Crippen LogP contribution in [0.5, 0.6) is 0 Å². The Kier molecular flexibility index (Phi) is 4.50. The Morgan fingerprint density at radius 1 is 1.35 bits per heavy atom. The van der Waals surface area contributed by atoms with Gasteiger partial charge in [0, 0.05) is 26.9 Å². The minimum Gasteiger partial charge on any atom is -0.399 e. The monoisotopic (exact) mass is 258 g/mol. The minimum absolute atomic E-state index is 0.250. The van der Waals surface area contributed by atoms with Gasteiger partial charge in [0.25, 0.3) is 0 Å². The molecule has 0 spiro atoms. The molecule has 0 fully saturated rings. The van der Waals surface area contributed by atoms with E-state index in [-0.39, 0.29) is 4.90 Å². The molecule has 1 aromatic rings. The van der Waals surface area contributed by atoms with Crippen molar-refractivity contribution in [3.8, 4) is 0 Å². The molecule has 96 valence electrons. The maximum Gasteiger partial charge on any atom is 0.242 e. The Morgan fingerprint density at radius 3 is 2.53 bits per heavy atom. The fourth-order valence-electron chi connectivity index (χ4n) is 1.43. The molecule has 0 amide bonds. The standard InChI is InChI=1S/C11H18N2O3S/c1-13(2)17(14,15)11-8-10(12)5-4-9(11)6-7-16-3/h4-5,8H,6-7,12H2,1-3H3. The highest BCUT2D eigenvalue weighted by molar-refractivity contribution is 7.89. The lowest BCUT2D eigenvalue weighted by Gasteiger charge is -2.15. The number of hydrogen-bond acceptors (Lipinski definition) is 4. The van der Waals surface area contributed by atoms with Crippen molar-refractivity contribution in [2.45, 2.75) is 11.3 Å². The molecule has 0 atom stereocenters. The van der Waals surface area contributed by atoms with Gasteiger partial charge >= 0.3 is 0 Å². The van der Waals surface area contributed by atoms with E-state index >= 15 is 0 Å². The predicted molar refractivity (Wildman–Crippen MR) is 67.3 cm³/mol. The highest BCUT2D eigenvalue weighted by Gasteiger charge is 2.21. The summed E-state index contributed by atoms with van der Waals surface area (Å²) in [5.41, 5.74) is 6.79. The first-order chi connectivity index (χ1) is 7.89. The molecular formula is C11H18N2O3S. The second-order valence-electron chi connectivity index (χ2n) is 3.90. The summed E-state index contributed by atoms with van der Waals surface area (Å²) >= 11 is 0. The summed E-state index contributed by atoms with van der Waals surface area (Å²) in [6.07, 6.45) is 0.541. The normalized spacial score (nSPS) is 12.0. The van der Waals surface area contributed by atoms with Crippen molar-refractivity contribution in [2.24, 2.45) is 0 Å². The van der Waals surface area contributed by atoms with Crippen LogP contribution in [0.2, 0.25) is 0 Å². The van der Waals surface area contributed by atoms with Crippen molar-refractivity contribution in [1.82, 2.24) is 4.31 Å². The number of rotatable bonds is 5. The average Bonchev–Trinajstić information content (AvgIpc) is 2.27. The van der Waals surface area contributed by atoms with Gasteiger partial charge in [-0.3, -0.25) is 0 Å². The van der Waals surface area contributed by atoms with E-state index in [2.05, 4.69) is 0 Å². The van der Waals surface area contributed by atoms with Gasteiger partial charge in [0.1, 0.15) is 0 Å². The number of methoxy groups -OCH3 is 1. The molecule has 0 aliphatic rings. The minimum atomic E-state index is -3.46. The van der Waals surface area contributed by atoms with Gasteiger partial charge in [-0.2, -0.15) is 0 Å². The van der Waals surface area contributed by atoms with Crippen molar-refractivity contribution in [3.05, 3.63) is 23.8 Å². The predicted octanol–water partition coefficient (Wildman–Crippen LogP) is 0.708. The van der Waals surface area contributed by atoms with E-state index in [4.69, 9.17) is 10.5 Å². The van der Waals surface area contributed by atoms with Gasteiger partial charge in [0.15, 0.2) is 0 Å². The second kappa shape index (κ2) is 5.48. The number of nitrogens with two attached hydrogens (primary N) is 1. The van der Waals surface area contributed by atoms with Gasteiger partial charge in [-0.25, -0.2) is 12.7 Å². The lowest BCUT2D eigenvalue weighted by Crippen LogP contribution is -2.23. The Hall–Kier alpha value is -1.11. The van der Waals surface area contributed by atoms with Crippen LogP contribution in [0.3, 0.4) is 0 Å². The van der Waals surface area contributed by atoms with Crippen LogP contribution in [0.25, 0.3) is 0 Å². The molecule has 2 N–H and O–H groups in total. The van der Waals surface area contributed by atoms with Gasteiger partial charge in [-0.1, -0.05) is 6.07 Å². The molecule has 0 radical (unpaired) electrons. The lowest BCUT2D eigenvalue weighted by atomic mass is 10.1. The zero-order valence-corrected chi connectivity index (χ0v) is 11.1. The molecule has 5 nitrogen and oxygen atoms in total. The number of nitrogens with zero attached hydrogens (tertiary/aromatic N) is 1. The maximum atomic E-state index is 12.1. The van der Waals surface area contributed by atoms with E-state index in [1.54, 1.807) is 19.2 Å². The Labute approximate surface area is 102 Å². The molecule has 6 heteroatoms. The van der Waals surface area contributed by atoms with Crippen molar-refractivity contribution in [3.63, 3.8) is 0 Å². The van der Waals surface area contributed by atoms with Crippen LogP contribution in [-0.4, -0.2) is 40.5 Å². The molecule has 1 aromatic carbocycles. The van der Waals surface area contributed by atoms with E-state index in [1.807, 2.05) is 0 Å². The highest BCUT2D eigenvalue weighted by atomic mass is 32.2. The smallest absolute Gasteiger partial charge is 0.242 e. The van der Waals surface area contributed by atoms with Crippen LogP contribution in [0.15, 0.2) is 23.1 Å². The number of hydrogen-bond donors (Lipinski definition) is 1. The molecular weight excluding hydrogens is 240 g/mol. The van der Waals surface area contributed by atoms with Crippen LogP contribution < -0.4 is 5.73 Å². The van der Waals surface area contributed by atoms with Gasteiger partial charge < -0.3 is 10.5 Å². The first-order valence-corrected chi connectivity index (χ1v) is 6.63. The SMILES string of the molecule is COCCc1ccc(N)cc1S(=O)(=O)N(C)C. The van der Waals surface area contributed by atoms with E-state index in [0.717, 1.165) is 5.56 Å². The van der Waals surface area contributed by atoms with Gasteiger partial charge in [0.05, 0.1) is 11.5 Å². The molecule has 0 aromatic heterocycles. The first-order valence-electron chi connectivity index (χ1n) is 5.19. The Balaban J connectivity index is 3.25. The van der Waals surface area contributed by atoms with Crippen LogP contribution in [0.4, 0.5) is 5.69 Å². The zero-order chi connectivity index (χ0) is 13.1. The van der Waals surface area contributed by atoms with E-state index in [0.29, 0.717) is 18.7 Å². The third-order valence-corrected chi connectivity index (χ3v) is 4.32. The van der Waals surface area contributed by atoms with Crippen molar-refractivity contribution in [1.29, 1.82) is 0 Å². The third-order valence-electron chi connectivity index (χ3n) is 2.43. The van der Waals surface area contributed by atoms with Crippen LogP contribution in [-0.2, 0) is 21.2 Å². The maximum absolute atomic E-state index is 12.1. The number of ether oxygens (including phenoxy) is 1. The largest absolute Gasteiger partial charge is 0.399 e. The number of anilines is 1. The summed E-state index contributed by atoms with van der Waals surface area (Å²) in [4.78, 5) is 0.250. The number of sulfonamides is 1. The van der Waals surface area contributed by atoms with Gasteiger partial charge in [-0.05, 0) is 24.1 Å². The third kappa shape index (κ3) is 3.18. The fraction of sp³-hybridized carbons (Fsp3) is 0.455. The highest BCUT2D eigenvalue weighted by Crippen LogP contribution is 2.22. The molecule has 0 heterocycles. The average molecular weight is 258 g/mol. The van der Waals surface area contributed by atoms with Crippen LogP contribution in [0.1, 0.15) is 5.56 Å². The Morgan fingerprint density at radius 2 is 2.00 bits per heavy atom. The molecule has 1 rings (SSSR count). The van der Waals surface area contributed by atoms with Crippen LogP contribution >= 0.6 is 0 Å². The van der Waals surface area contributed by atoms with Crippen molar-refractivity contribution >= 4 is 15.7 Å². The van der Waals surface area contributed by atoms with E-state index < -0.39 is 10.0 Å². The summed E-state index contributed by atoms with van der Waals surface area (Å²) in [5.74, 6) is 0. The van der Waals surface area contributed by atoms with Gasteiger partial charge in [-0.15, -0.1) is 0 Å². The molecule has 0 aliphatic carbocycles. The molecule has 0 saturated carbocycles. The Bertz CT molecular complexity index is 483. The number of benzene rings is 1. The summed E-state index contributed by atoms with van der Waals surface area (Å²) in [6, 6.07) is 4.91. The molecule has 0 bridgehead atoms. The first kappa shape index (κ1) is 14.0. The fourth-order valence-corrected chi connectivity index (χ4v) is 2.61. The summed E-state index contributed by atoms with van der Waals surface area (Å²) in [7, 11) is 1.12.